The van der Waals surface area contributed by atoms with Gasteiger partial charge in [0.2, 0.25) is 0 Å². The number of allylic oxidation sites excluding steroid dienone is 1. The number of amides is 1. The van der Waals surface area contributed by atoms with E-state index in [9.17, 15) is 4.79 Å². The quantitative estimate of drug-likeness (QED) is 0.619. The zero-order valence-corrected chi connectivity index (χ0v) is 21.1. The van der Waals surface area contributed by atoms with Crippen LogP contribution in [0.5, 0.6) is 0 Å². The average molecular weight is 468 g/mol. The van der Waals surface area contributed by atoms with Gasteiger partial charge in [-0.15, -0.1) is 0 Å². The molecule has 1 N–H and O–H groups in total. The number of likely N-dealkylation sites (tertiary alicyclic amines) is 1. The molecule has 1 unspecified atom stereocenters. The van der Waals surface area contributed by atoms with Crippen LogP contribution in [0.4, 0.5) is 0 Å². The molecule has 35 heavy (non-hydrogen) atoms. The molecule has 2 aromatic rings. The molecule has 2 aliphatic carbocycles. The Kier molecular flexibility index (Phi) is 5.88. The van der Waals surface area contributed by atoms with Gasteiger partial charge in [0, 0.05) is 30.9 Å². The Morgan fingerprint density at radius 3 is 2.74 bits per heavy atom. The molecule has 2 fully saturated rings. The molecular weight excluding hydrogens is 430 g/mol. The molecule has 6 rings (SSSR count). The summed E-state index contributed by atoms with van der Waals surface area (Å²) in [6, 6.07) is 15.7. The summed E-state index contributed by atoms with van der Waals surface area (Å²) >= 11 is 0. The maximum absolute atomic E-state index is 13.0. The first-order valence-corrected chi connectivity index (χ1v) is 13.5. The summed E-state index contributed by atoms with van der Waals surface area (Å²) in [7, 11) is 0. The van der Waals surface area contributed by atoms with Crippen LogP contribution >= 0.6 is 0 Å². The van der Waals surface area contributed by atoms with Crippen LogP contribution in [0.1, 0.15) is 65.7 Å². The average Bonchev–Trinajstić information content (AvgIpc) is 3.52. The van der Waals surface area contributed by atoms with E-state index >= 15 is 0 Å². The van der Waals surface area contributed by atoms with Crippen molar-refractivity contribution < 1.29 is 4.79 Å². The molecule has 2 aliphatic heterocycles. The molecule has 0 aromatic heterocycles. The molecule has 4 heteroatoms. The van der Waals surface area contributed by atoms with E-state index in [-0.39, 0.29) is 11.3 Å². The summed E-state index contributed by atoms with van der Waals surface area (Å²) in [5.74, 6) is 1.60. The van der Waals surface area contributed by atoms with E-state index in [1.807, 2.05) is 12.3 Å². The van der Waals surface area contributed by atoms with Crippen LogP contribution in [0.25, 0.3) is 5.57 Å². The second-order valence-electron chi connectivity index (χ2n) is 11.4. The highest BCUT2D eigenvalue weighted by Gasteiger charge is 2.49. The standard InChI is InChI=1S/C31H37N3O/c1-21-29-18-25-9-10-26(17-28(25)31(21,2)13-16-34(29)20-23-3-4-23)30(35)33-15-11-22-5-7-24(8-6-22)27-12-14-32-19-27/h5-10,12,17,19,21,23,29H,3-4,11,13-16,18,20H2,1-2H3,(H,33,35)/t21-,29+,31?/m0/s1. The number of fused-ring (bicyclic) bond motifs is 4. The van der Waals surface area contributed by atoms with Gasteiger partial charge in [-0.1, -0.05) is 50.3 Å². The fourth-order valence-corrected chi connectivity index (χ4v) is 6.54. The number of nitrogens with zero attached hydrogens (tertiary/aromatic N) is 2. The number of carbonyl (C=O) groups excluding carboxylic acids is 1. The van der Waals surface area contributed by atoms with Crippen molar-refractivity contribution in [1.82, 2.24) is 10.2 Å². The first kappa shape index (κ1) is 22.7. The summed E-state index contributed by atoms with van der Waals surface area (Å²) < 4.78 is 0. The highest BCUT2D eigenvalue weighted by atomic mass is 16.1. The Balaban J connectivity index is 1.10. The molecule has 2 aromatic carbocycles. The SMILES string of the molecule is C[C@H]1[C@H]2Cc3ccc(C(=O)NCCc4ccc(C5=CCN=C5)cc4)cc3C1(C)CCN2CC1CC1. The number of hydrogen-bond donors (Lipinski definition) is 1. The predicted octanol–water partition coefficient (Wildman–Crippen LogP) is 5.06. The Bertz CT molecular complexity index is 1180. The van der Waals surface area contributed by atoms with Crippen molar-refractivity contribution in [3.63, 3.8) is 0 Å². The van der Waals surface area contributed by atoms with E-state index in [1.54, 1.807) is 0 Å². The highest BCUT2D eigenvalue weighted by Crippen LogP contribution is 2.49. The van der Waals surface area contributed by atoms with Gasteiger partial charge in [0.1, 0.15) is 0 Å². The predicted molar refractivity (Wildman–Crippen MR) is 143 cm³/mol. The molecule has 4 aliphatic rings. The molecule has 2 bridgehead atoms. The first-order valence-electron chi connectivity index (χ1n) is 13.5. The normalized spacial score (nSPS) is 27.4. The second kappa shape index (κ2) is 9.05. The van der Waals surface area contributed by atoms with Gasteiger partial charge in [0.15, 0.2) is 0 Å². The number of benzene rings is 2. The zero-order chi connectivity index (χ0) is 24.0. The molecule has 0 spiro atoms. The fourth-order valence-electron chi connectivity index (χ4n) is 6.54. The summed E-state index contributed by atoms with van der Waals surface area (Å²) in [6.45, 7) is 8.79. The van der Waals surface area contributed by atoms with E-state index in [1.165, 1.54) is 60.2 Å². The molecule has 4 nitrogen and oxygen atoms in total. The van der Waals surface area contributed by atoms with Crippen molar-refractivity contribution in [2.45, 2.75) is 57.4 Å². The summed E-state index contributed by atoms with van der Waals surface area (Å²) in [6.07, 6.45) is 10.1. The van der Waals surface area contributed by atoms with Crippen molar-refractivity contribution in [1.29, 1.82) is 0 Å². The van der Waals surface area contributed by atoms with Crippen LogP contribution in [-0.4, -0.2) is 49.2 Å². The van der Waals surface area contributed by atoms with E-state index in [0.29, 0.717) is 18.5 Å². The minimum absolute atomic E-state index is 0.0429. The lowest BCUT2D eigenvalue weighted by Crippen LogP contribution is -2.58. The molecule has 0 radical (unpaired) electrons. The molecular formula is C31H37N3O. The molecule has 3 atom stereocenters. The second-order valence-corrected chi connectivity index (χ2v) is 11.4. The maximum Gasteiger partial charge on any atom is 0.251 e. The van der Waals surface area contributed by atoms with Crippen LogP contribution in [-0.2, 0) is 18.3 Å². The Labute approximate surface area is 209 Å². The van der Waals surface area contributed by atoms with Gasteiger partial charge < -0.3 is 5.32 Å². The topological polar surface area (TPSA) is 44.7 Å². The number of carbonyl (C=O) groups is 1. The van der Waals surface area contributed by atoms with Crippen molar-refractivity contribution in [3.05, 3.63) is 76.4 Å². The van der Waals surface area contributed by atoms with Gasteiger partial charge in [-0.05, 0) is 95.9 Å². The first-order chi connectivity index (χ1) is 17.0. The molecule has 1 saturated carbocycles. The summed E-state index contributed by atoms with van der Waals surface area (Å²) in [5.41, 5.74) is 7.47. The third kappa shape index (κ3) is 4.38. The highest BCUT2D eigenvalue weighted by molar-refractivity contribution is 6.11. The van der Waals surface area contributed by atoms with E-state index < -0.39 is 0 Å². The van der Waals surface area contributed by atoms with Crippen molar-refractivity contribution >= 4 is 17.7 Å². The van der Waals surface area contributed by atoms with Gasteiger partial charge in [0.05, 0.1) is 6.54 Å². The van der Waals surface area contributed by atoms with Crippen molar-refractivity contribution in [2.75, 3.05) is 26.2 Å². The lowest BCUT2D eigenvalue weighted by molar-refractivity contribution is 0.0284. The fraction of sp³-hybridized carbons (Fsp3) is 0.484. The maximum atomic E-state index is 13.0. The number of piperidine rings is 1. The van der Waals surface area contributed by atoms with Crippen LogP contribution in [0.15, 0.2) is 53.5 Å². The van der Waals surface area contributed by atoms with E-state index in [4.69, 9.17) is 0 Å². The summed E-state index contributed by atoms with van der Waals surface area (Å²) in [5, 5.41) is 3.16. The number of hydrogen-bond acceptors (Lipinski definition) is 3. The Hall–Kier alpha value is -2.72. The van der Waals surface area contributed by atoms with Crippen molar-refractivity contribution in [2.24, 2.45) is 16.8 Å². The Morgan fingerprint density at radius 2 is 2.00 bits per heavy atom. The van der Waals surface area contributed by atoms with Crippen LogP contribution in [0.2, 0.25) is 0 Å². The van der Waals surface area contributed by atoms with E-state index in [0.717, 1.165) is 30.9 Å². The van der Waals surface area contributed by atoms with Crippen LogP contribution in [0.3, 0.4) is 0 Å². The lowest BCUT2D eigenvalue weighted by Gasteiger charge is -2.55. The third-order valence-electron chi connectivity index (χ3n) is 9.21. The minimum atomic E-state index is 0.0429. The van der Waals surface area contributed by atoms with Gasteiger partial charge >= 0.3 is 0 Å². The van der Waals surface area contributed by atoms with Gasteiger partial charge in [-0.25, -0.2) is 0 Å². The Morgan fingerprint density at radius 1 is 1.17 bits per heavy atom. The molecule has 1 amide bonds. The largest absolute Gasteiger partial charge is 0.352 e. The van der Waals surface area contributed by atoms with Gasteiger partial charge in [-0.3, -0.25) is 14.7 Å². The zero-order valence-electron chi connectivity index (χ0n) is 21.1. The van der Waals surface area contributed by atoms with Crippen LogP contribution < -0.4 is 5.32 Å². The number of rotatable bonds is 7. The molecule has 2 heterocycles. The third-order valence-corrected chi connectivity index (χ3v) is 9.21. The van der Waals surface area contributed by atoms with E-state index in [2.05, 4.69) is 71.5 Å². The van der Waals surface area contributed by atoms with Gasteiger partial charge in [-0.2, -0.15) is 0 Å². The van der Waals surface area contributed by atoms with Gasteiger partial charge in [0.25, 0.3) is 5.91 Å². The van der Waals surface area contributed by atoms with Crippen LogP contribution in [0, 0.1) is 11.8 Å². The van der Waals surface area contributed by atoms with Crippen molar-refractivity contribution in [3.8, 4) is 0 Å². The molecule has 182 valence electrons. The minimum Gasteiger partial charge on any atom is -0.352 e. The lowest BCUT2D eigenvalue weighted by atomic mass is 9.59. The number of nitrogens with one attached hydrogen (secondary N) is 1. The summed E-state index contributed by atoms with van der Waals surface area (Å²) in [4.78, 5) is 20.1. The monoisotopic (exact) mass is 467 g/mol. The molecule has 1 saturated heterocycles. The smallest absolute Gasteiger partial charge is 0.251 e. The number of aliphatic imine (C=N–C) groups is 1.